The number of anilines is 1. The van der Waals surface area contributed by atoms with E-state index in [0.717, 1.165) is 22.0 Å². The van der Waals surface area contributed by atoms with Crippen molar-refractivity contribution in [3.05, 3.63) is 84.2 Å². The highest BCUT2D eigenvalue weighted by Gasteiger charge is 2.34. The zero-order chi connectivity index (χ0) is 30.9. The number of hydrogen-bond donors (Lipinski definition) is 1. The Hall–Kier alpha value is -4.12. The molecule has 0 aliphatic heterocycles. The summed E-state index contributed by atoms with van der Waals surface area (Å²) < 4.78 is 53.3. The monoisotopic (exact) mass is 599 g/mol. The molecule has 9 nitrogen and oxygen atoms in total. The number of ether oxygens (including phenoxy) is 2. The standard InChI is InChI=1S/C31H38FN3O6S/c1-6-27(31(37)33-22(2)3)34(19-18-23-10-8-7-9-11-23)30(36)21-35(25-14-12-24(32)13-15-25)42(38,39)26-16-17-28(40-4)29(20-26)41-5/h7-17,20,22,27H,6,18-19,21H2,1-5H3,(H,33,37)/t27-/m0/s1. The van der Waals surface area contributed by atoms with Crippen LogP contribution >= 0.6 is 0 Å². The van der Waals surface area contributed by atoms with Crippen molar-refractivity contribution in [2.24, 2.45) is 0 Å². The molecular weight excluding hydrogens is 561 g/mol. The number of benzene rings is 3. The van der Waals surface area contributed by atoms with Crippen LogP contribution in [0.1, 0.15) is 32.8 Å². The molecule has 3 aromatic carbocycles. The fourth-order valence-electron chi connectivity index (χ4n) is 4.52. The Labute approximate surface area is 247 Å². The first-order chi connectivity index (χ1) is 20.0. The summed E-state index contributed by atoms with van der Waals surface area (Å²) in [6.45, 7) is 5.01. The van der Waals surface area contributed by atoms with Crippen LogP contribution in [0.3, 0.4) is 0 Å². The fourth-order valence-corrected chi connectivity index (χ4v) is 5.95. The van der Waals surface area contributed by atoms with Gasteiger partial charge in [0.2, 0.25) is 11.8 Å². The van der Waals surface area contributed by atoms with Crippen LogP contribution in [0.5, 0.6) is 11.5 Å². The molecule has 0 saturated carbocycles. The SMILES string of the molecule is CC[C@@H](C(=O)NC(C)C)N(CCc1ccccc1)C(=O)CN(c1ccc(F)cc1)S(=O)(=O)c1ccc(OC)c(OC)c1. The number of methoxy groups -OCH3 is 2. The lowest BCUT2D eigenvalue weighted by Gasteiger charge is -2.33. The second-order valence-electron chi connectivity index (χ2n) is 9.91. The van der Waals surface area contributed by atoms with Crippen LogP contribution in [0.4, 0.5) is 10.1 Å². The molecule has 1 atom stereocenters. The Morgan fingerprint density at radius 3 is 2.14 bits per heavy atom. The summed E-state index contributed by atoms with van der Waals surface area (Å²) in [4.78, 5) is 28.5. The van der Waals surface area contributed by atoms with Gasteiger partial charge in [0.25, 0.3) is 10.0 Å². The summed E-state index contributed by atoms with van der Waals surface area (Å²) in [6, 6.07) is 17.4. The van der Waals surface area contributed by atoms with E-state index in [1.54, 1.807) is 6.92 Å². The van der Waals surface area contributed by atoms with E-state index in [2.05, 4.69) is 5.32 Å². The predicted molar refractivity (Wildman–Crippen MR) is 160 cm³/mol. The highest BCUT2D eigenvalue weighted by atomic mass is 32.2. The molecule has 0 heterocycles. The lowest BCUT2D eigenvalue weighted by Crippen LogP contribution is -2.54. The van der Waals surface area contributed by atoms with Gasteiger partial charge in [-0.05, 0) is 68.7 Å². The number of amides is 2. The average Bonchev–Trinajstić information content (AvgIpc) is 2.98. The number of sulfonamides is 1. The van der Waals surface area contributed by atoms with Crippen LogP contribution in [-0.2, 0) is 26.0 Å². The summed E-state index contributed by atoms with van der Waals surface area (Å²) in [5.41, 5.74) is 1.05. The molecule has 2 amide bonds. The number of nitrogens with zero attached hydrogens (tertiary/aromatic N) is 2. The van der Waals surface area contributed by atoms with E-state index in [1.807, 2.05) is 44.2 Å². The van der Waals surface area contributed by atoms with E-state index in [-0.39, 0.29) is 34.8 Å². The highest BCUT2D eigenvalue weighted by molar-refractivity contribution is 7.92. The van der Waals surface area contributed by atoms with Gasteiger partial charge in [0.05, 0.1) is 24.8 Å². The van der Waals surface area contributed by atoms with Crippen molar-refractivity contribution in [3.63, 3.8) is 0 Å². The maximum absolute atomic E-state index is 14.0. The van der Waals surface area contributed by atoms with Crippen molar-refractivity contribution in [2.45, 2.75) is 50.6 Å². The van der Waals surface area contributed by atoms with E-state index in [1.165, 1.54) is 49.5 Å². The highest BCUT2D eigenvalue weighted by Crippen LogP contribution is 2.32. The van der Waals surface area contributed by atoms with Crippen molar-refractivity contribution in [3.8, 4) is 11.5 Å². The summed E-state index contributed by atoms with van der Waals surface area (Å²) >= 11 is 0. The zero-order valence-corrected chi connectivity index (χ0v) is 25.4. The minimum atomic E-state index is -4.36. The average molecular weight is 600 g/mol. The van der Waals surface area contributed by atoms with Crippen LogP contribution in [0, 0.1) is 5.82 Å². The molecule has 3 rings (SSSR count). The van der Waals surface area contributed by atoms with Gasteiger partial charge in [0.15, 0.2) is 11.5 Å². The summed E-state index contributed by atoms with van der Waals surface area (Å²) in [7, 11) is -1.55. The molecule has 0 saturated heterocycles. The third-order valence-electron chi connectivity index (χ3n) is 6.64. The van der Waals surface area contributed by atoms with E-state index >= 15 is 0 Å². The first-order valence-electron chi connectivity index (χ1n) is 13.7. The van der Waals surface area contributed by atoms with Crippen molar-refractivity contribution < 1.29 is 31.9 Å². The summed E-state index contributed by atoms with van der Waals surface area (Å²) in [5, 5.41) is 2.87. The Bertz CT molecular complexity index is 1450. The van der Waals surface area contributed by atoms with E-state index in [4.69, 9.17) is 9.47 Å². The van der Waals surface area contributed by atoms with Gasteiger partial charge in [-0.1, -0.05) is 37.3 Å². The van der Waals surface area contributed by atoms with Gasteiger partial charge in [-0.2, -0.15) is 0 Å². The Kier molecular flexibility index (Phi) is 11.3. The van der Waals surface area contributed by atoms with Gasteiger partial charge < -0.3 is 19.7 Å². The largest absolute Gasteiger partial charge is 0.493 e. The maximum atomic E-state index is 14.0. The molecule has 0 fully saturated rings. The number of hydrogen-bond acceptors (Lipinski definition) is 6. The van der Waals surface area contributed by atoms with Gasteiger partial charge >= 0.3 is 0 Å². The molecule has 0 radical (unpaired) electrons. The van der Waals surface area contributed by atoms with Gasteiger partial charge in [-0.25, -0.2) is 12.8 Å². The molecule has 11 heteroatoms. The van der Waals surface area contributed by atoms with Crippen molar-refractivity contribution >= 4 is 27.5 Å². The lowest BCUT2D eigenvalue weighted by atomic mass is 10.1. The Morgan fingerprint density at radius 1 is 0.929 bits per heavy atom. The molecule has 0 aromatic heterocycles. The number of carbonyl (C=O) groups is 2. The number of rotatable bonds is 14. The van der Waals surface area contributed by atoms with Crippen LogP contribution < -0.4 is 19.1 Å². The minimum absolute atomic E-state index is 0.0854. The van der Waals surface area contributed by atoms with Gasteiger partial charge in [-0.15, -0.1) is 0 Å². The molecular formula is C31H38FN3O6S. The van der Waals surface area contributed by atoms with Crippen LogP contribution in [0.15, 0.2) is 77.7 Å². The van der Waals surface area contributed by atoms with Gasteiger partial charge in [0, 0.05) is 18.7 Å². The van der Waals surface area contributed by atoms with Crippen molar-refractivity contribution in [1.82, 2.24) is 10.2 Å². The third kappa shape index (κ3) is 8.00. The summed E-state index contributed by atoms with van der Waals surface area (Å²) in [5.74, 6) is -0.954. The molecule has 1 N–H and O–H groups in total. The van der Waals surface area contributed by atoms with Crippen molar-refractivity contribution in [1.29, 1.82) is 0 Å². The van der Waals surface area contributed by atoms with E-state index in [9.17, 15) is 22.4 Å². The molecule has 42 heavy (non-hydrogen) atoms. The number of halogens is 1. The second-order valence-corrected chi connectivity index (χ2v) is 11.8. The van der Waals surface area contributed by atoms with Crippen LogP contribution in [-0.4, -0.2) is 64.5 Å². The van der Waals surface area contributed by atoms with Gasteiger partial charge in [0.1, 0.15) is 18.4 Å². The van der Waals surface area contributed by atoms with Crippen LogP contribution in [0.25, 0.3) is 0 Å². The molecule has 3 aromatic rings. The topological polar surface area (TPSA) is 105 Å². The smallest absolute Gasteiger partial charge is 0.264 e. The number of nitrogens with one attached hydrogen (secondary N) is 1. The fraction of sp³-hybridized carbons (Fsp3) is 0.355. The molecule has 0 unspecified atom stereocenters. The quantitative estimate of drug-likeness (QED) is 0.294. The second kappa shape index (κ2) is 14.7. The van der Waals surface area contributed by atoms with Crippen molar-refractivity contribution in [2.75, 3.05) is 31.6 Å². The van der Waals surface area contributed by atoms with E-state index in [0.29, 0.717) is 18.6 Å². The zero-order valence-electron chi connectivity index (χ0n) is 24.5. The molecule has 0 aliphatic carbocycles. The molecule has 0 spiro atoms. The first kappa shape index (κ1) is 32.4. The Morgan fingerprint density at radius 2 is 1.57 bits per heavy atom. The van der Waals surface area contributed by atoms with E-state index < -0.39 is 34.3 Å². The lowest BCUT2D eigenvalue weighted by molar-refractivity contribution is -0.139. The number of carbonyl (C=O) groups excluding carboxylic acids is 2. The van der Waals surface area contributed by atoms with Crippen LogP contribution in [0.2, 0.25) is 0 Å². The third-order valence-corrected chi connectivity index (χ3v) is 8.41. The Balaban J connectivity index is 2.05. The maximum Gasteiger partial charge on any atom is 0.264 e. The molecule has 0 bridgehead atoms. The minimum Gasteiger partial charge on any atom is -0.493 e. The normalized spacial score (nSPS) is 12.0. The van der Waals surface area contributed by atoms with Gasteiger partial charge in [-0.3, -0.25) is 13.9 Å². The summed E-state index contributed by atoms with van der Waals surface area (Å²) in [6.07, 6.45) is 0.773. The first-order valence-corrected chi connectivity index (χ1v) is 15.1. The predicted octanol–water partition coefficient (Wildman–Crippen LogP) is 4.41. The molecule has 0 aliphatic rings. The molecule has 226 valence electrons.